The van der Waals surface area contributed by atoms with E-state index in [9.17, 15) is 13.2 Å². The maximum Gasteiger partial charge on any atom is 0.433 e. The molecule has 0 atom stereocenters. The van der Waals surface area contributed by atoms with Gasteiger partial charge in [0.15, 0.2) is 5.69 Å². The quantitative estimate of drug-likeness (QED) is 0.762. The lowest BCUT2D eigenvalue weighted by molar-refractivity contribution is -0.141. The van der Waals surface area contributed by atoms with E-state index >= 15 is 0 Å². The van der Waals surface area contributed by atoms with Crippen LogP contribution in [0.4, 0.5) is 24.7 Å². The number of rotatable bonds is 2. The van der Waals surface area contributed by atoms with Gasteiger partial charge in [-0.15, -0.1) is 0 Å². The zero-order valence-corrected chi connectivity index (χ0v) is 11.7. The van der Waals surface area contributed by atoms with E-state index in [1.54, 1.807) is 0 Å². The van der Waals surface area contributed by atoms with Gasteiger partial charge in [-0.1, -0.05) is 23.2 Å². The van der Waals surface area contributed by atoms with Crippen LogP contribution in [0.25, 0.3) is 0 Å². The van der Waals surface area contributed by atoms with Gasteiger partial charge in [0.05, 0.1) is 0 Å². The van der Waals surface area contributed by atoms with Crippen LogP contribution in [0.5, 0.6) is 0 Å². The van der Waals surface area contributed by atoms with Crippen molar-refractivity contribution >= 4 is 46.3 Å². The highest BCUT2D eigenvalue weighted by molar-refractivity contribution is 6.35. The molecule has 1 aromatic heterocycles. The lowest BCUT2D eigenvalue weighted by atomic mass is 10.3. The third kappa shape index (κ3) is 3.88. The third-order valence-corrected chi connectivity index (χ3v) is 2.73. The molecular formula is C11H5Cl3F3N3. The molecule has 2 rings (SSSR count). The number of hydrogen-bond donors (Lipinski definition) is 1. The maximum atomic E-state index is 12.6. The van der Waals surface area contributed by atoms with Gasteiger partial charge in [0, 0.05) is 21.8 Å². The van der Waals surface area contributed by atoms with E-state index in [2.05, 4.69) is 15.3 Å². The van der Waals surface area contributed by atoms with E-state index < -0.39 is 17.2 Å². The Hall–Kier alpha value is -1.24. The highest BCUT2D eigenvalue weighted by Gasteiger charge is 2.33. The van der Waals surface area contributed by atoms with Crippen molar-refractivity contribution in [1.82, 2.24) is 9.97 Å². The lowest BCUT2D eigenvalue weighted by Crippen LogP contribution is -2.10. The predicted octanol–water partition coefficient (Wildman–Crippen LogP) is 5.20. The molecule has 1 N–H and O–H groups in total. The van der Waals surface area contributed by atoms with Crippen LogP contribution in [0.1, 0.15) is 5.69 Å². The number of alkyl halides is 3. The van der Waals surface area contributed by atoms with Crippen LogP contribution in [0.15, 0.2) is 24.3 Å². The fraction of sp³-hybridized carbons (Fsp3) is 0.0909. The lowest BCUT2D eigenvalue weighted by Gasteiger charge is -2.10. The summed E-state index contributed by atoms with van der Waals surface area (Å²) in [5.41, 5.74) is -0.765. The fourth-order valence-electron chi connectivity index (χ4n) is 1.40. The van der Waals surface area contributed by atoms with Crippen LogP contribution in [0.3, 0.4) is 0 Å². The summed E-state index contributed by atoms with van der Waals surface area (Å²) in [5, 5.41) is 2.78. The minimum Gasteiger partial charge on any atom is -0.340 e. The summed E-state index contributed by atoms with van der Waals surface area (Å²) in [6, 6.07) is 5.19. The molecule has 3 nitrogen and oxygen atoms in total. The molecule has 0 saturated carbocycles. The topological polar surface area (TPSA) is 37.8 Å². The number of hydrogen-bond acceptors (Lipinski definition) is 3. The standard InChI is InChI=1S/C11H5Cl3F3N3/c12-5-1-6(13)3-7(2-5)18-9-4-8(11(15,16)17)19-10(14)20-9/h1-4H,(H,18,19,20). The van der Waals surface area contributed by atoms with Gasteiger partial charge in [0.2, 0.25) is 5.28 Å². The number of aromatic nitrogens is 2. The van der Waals surface area contributed by atoms with Crippen molar-refractivity contribution in [2.75, 3.05) is 5.32 Å². The molecule has 0 bridgehead atoms. The summed E-state index contributed by atoms with van der Waals surface area (Å²) in [4.78, 5) is 6.78. The maximum absolute atomic E-state index is 12.6. The first-order valence-electron chi connectivity index (χ1n) is 5.09. The van der Waals surface area contributed by atoms with Gasteiger partial charge in [-0.2, -0.15) is 13.2 Å². The molecule has 0 saturated heterocycles. The Morgan fingerprint density at radius 3 is 2.05 bits per heavy atom. The van der Waals surface area contributed by atoms with Gasteiger partial charge < -0.3 is 5.32 Å². The van der Waals surface area contributed by atoms with Crippen LogP contribution in [-0.4, -0.2) is 9.97 Å². The first-order valence-corrected chi connectivity index (χ1v) is 6.22. The molecule has 0 unspecified atom stereocenters. The Kier molecular flexibility index (Phi) is 4.27. The van der Waals surface area contributed by atoms with Crippen molar-refractivity contribution in [3.05, 3.63) is 45.3 Å². The van der Waals surface area contributed by atoms with Crippen LogP contribution >= 0.6 is 34.8 Å². The molecule has 0 aliphatic carbocycles. The van der Waals surface area contributed by atoms with E-state index in [0.29, 0.717) is 15.7 Å². The van der Waals surface area contributed by atoms with E-state index in [1.807, 2.05) is 0 Å². The number of nitrogens with one attached hydrogen (secondary N) is 1. The summed E-state index contributed by atoms with van der Waals surface area (Å²) in [7, 11) is 0. The summed E-state index contributed by atoms with van der Waals surface area (Å²) in [5.74, 6) is -0.115. The van der Waals surface area contributed by atoms with Crippen molar-refractivity contribution in [2.24, 2.45) is 0 Å². The summed E-state index contributed by atoms with van der Waals surface area (Å²) >= 11 is 17.0. The molecule has 2 aromatic rings. The Morgan fingerprint density at radius 2 is 1.50 bits per heavy atom. The van der Waals surface area contributed by atoms with Crippen molar-refractivity contribution in [1.29, 1.82) is 0 Å². The molecule has 1 aromatic carbocycles. The molecule has 0 amide bonds. The zero-order chi connectivity index (χ0) is 14.9. The Balaban J connectivity index is 2.36. The molecule has 106 valence electrons. The largest absolute Gasteiger partial charge is 0.433 e. The van der Waals surface area contributed by atoms with Gasteiger partial charge in [-0.25, -0.2) is 9.97 Å². The minimum absolute atomic E-state index is 0.115. The molecule has 0 aliphatic heterocycles. The van der Waals surface area contributed by atoms with Crippen LogP contribution in [-0.2, 0) is 6.18 Å². The highest BCUT2D eigenvalue weighted by atomic mass is 35.5. The molecule has 0 aliphatic rings. The summed E-state index contributed by atoms with van der Waals surface area (Å²) in [6.07, 6.45) is -4.62. The molecule has 0 spiro atoms. The highest BCUT2D eigenvalue weighted by Crippen LogP contribution is 2.31. The smallest absolute Gasteiger partial charge is 0.340 e. The number of halogens is 6. The van der Waals surface area contributed by atoms with Gasteiger partial charge in [0.1, 0.15) is 5.82 Å². The Labute approximate surface area is 126 Å². The Morgan fingerprint density at radius 1 is 0.900 bits per heavy atom. The van der Waals surface area contributed by atoms with Crippen LogP contribution in [0, 0.1) is 0 Å². The molecule has 9 heteroatoms. The van der Waals surface area contributed by atoms with Crippen molar-refractivity contribution < 1.29 is 13.2 Å². The number of anilines is 2. The van der Waals surface area contributed by atoms with Crippen molar-refractivity contribution in [3.63, 3.8) is 0 Å². The predicted molar refractivity (Wildman–Crippen MR) is 71.8 cm³/mol. The summed E-state index contributed by atoms with van der Waals surface area (Å²) in [6.45, 7) is 0. The molecule has 20 heavy (non-hydrogen) atoms. The van der Waals surface area contributed by atoms with Crippen molar-refractivity contribution in [2.45, 2.75) is 6.18 Å². The minimum atomic E-state index is -4.62. The normalized spacial score (nSPS) is 11.5. The first kappa shape index (κ1) is 15.2. The fourth-order valence-corrected chi connectivity index (χ4v) is 2.11. The van der Waals surface area contributed by atoms with E-state index in [4.69, 9.17) is 34.8 Å². The molecule has 0 radical (unpaired) electrons. The molecule has 1 heterocycles. The average Bonchev–Trinajstić information content (AvgIpc) is 2.25. The summed E-state index contributed by atoms with van der Waals surface area (Å²) < 4.78 is 37.8. The van der Waals surface area contributed by atoms with E-state index in [-0.39, 0.29) is 5.82 Å². The monoisotopic (exact) mass is 341 g/mol. The number of benzene rings is 1. The first-order chi connectivity index (χ1) is 9.24. The third-order valence-electron chi connectivity index (χ3n) is 2.12. The Bertz CT molecular complexity index is 626. The second kappa shape index (κ2) is 5.63. The van der Waals surface area contributed by atoms with E-state index in [1.165, 1.54) is 18.2 Å². The average molecular weight is 343 g/mol. The van der Waals surface area contributed by atoms with Crippen LogP contribution in [0.2, 0.25) is 15.3 Å². The van der Waals surface area contributed by atoms with Gasteiger partial charge in [-0.05, 0) is 29.8 Å². The second-order valence-corrected chi connectivity index (χ2v) is 4.90. The second-order valence-electron chi connectivity index (χ2n) is 3.69. The zero-order valence-electron chi connectivity index (χ0n) is 9.47. The SMILES string of the molecule is FC(F)(F)c1cc(Nc2cc(Cl)cc(Cl)c2)nc(Cl)n1. The van der Waals surface area contributed by atoms with Gasteiger partial charge >= 0.3 is 6.18 Å². The van der Waals surface area contributed by atoms with Gasteiger partial charge in [0.25, 0.3) is 0 Å². The van der Waals surface area contributed by atoms with E-state index in [0.717, 1.165) is 6.07 Å². The van der Waals surface area contributed by atoms with Crippen molar-refractivity contribution in [3.8, 4) is 0 Å². The van der Waals surface area contributed by atoms with Gasteiger partial charge in [-0.3, -0.25) is 0 Å². The van der Waals surface area contributed by atoms with Crippen LogP contribution < -0.4 is 5.32 Å². The molecule has 0 fully saturated rings. The number of nitrogens with zero attached hydrogens (tertiary/aromatic N) is 2. The molecular weight excluding hydrogens is 337 g/mol.